The van der Waals surface area contributed by atoms with Gasteiger partial charge in [-0.2, -0.15) is 0 Å². The van der Waals surface area contributed by atoms with Gasteiger partial charge in [-0.15, -0.1) is 0 Å². The Labute approximate surface area is 128 Å². The molecular weight excluding hydrogens is 324 g/mol. The summed E-state index contributed by atoms with van der Waals surface area (Å²) in [5, 5.41) is 0. The third-order valence-corrected chi connectivity index (χ3v) is 3.58. The number of unbranched alkanes of at least 4 members (excludes halogenated alkanes) is 1. The zero-order chi connectivity index (χ0) is 14.8. The molecule has 0 radical (unpaired) electrons. The van der Waals surface area contributed by atoms with Crippen molar-refractivity contribution in [2.24, 2.45) is 0 Å². The number of halogens is 1. The molecular formula is C15H21BrO4. The topological polar surface area (TPSA) is 44.8 Å². The molecule has 0 fully saturated rings. The average Bonchev–Trinajstić information content (AvgIpc) is 2.47. The Hall–Kier alpha value is -1.07. The van der Waals surface area contributed by atoms with Gasteiger partial charge in [0.15, 0.2) is 17.8 Å². The Morgan fingerprint density at radius 3 is 2.60 bits per heavy atom. The zero-order valence-corrected chi connectivity index (χ0v) is 13.6. The maximum absolute atomic E-state index is 10.9. The zero-order valence-electron chi connectivity index (χ0n) is 12.0. The molecule has 20 heavy (non-hydrogen) atoms. The Kier molecular flexibility index (Phi) is 8.30. The molecule has 0 aliphatic carbocycles. The molecule has 0 aliphatic heterocycles. The van der Waals surface area contributed by atoms with E-state index in [4.69, 9.17) is 14.2 Å². The summed E-state index contributed by atoms with van der Waals surface area (Å²) in [5.41, 5.74) is 0.542. The number of hydrogen-bond donors (Lipinski definition) is 0. The summed E-state index contributed by atoms with van der Waals surface area (Å²) < 4.78 is 17.0. The van der Waals surface area contributed by atoms with Crippen LogP contribution >= 0.6 is 15.9 Å². The van der Waals surface area contributed by atoms with Crippen LogP contribution in [-0.4, -0.2) is 33.2 Å². The highest BCUT2D eigenvalue weighted by Crippen LogP contribution is 2.37. The van der Waals surface area contributed by atoms with Crippen molar-refractivity contribution in [3.8, 4) is 11.5 Å². The molecule has 0 aliphatic rings. The highest BCUT2D eigenvalue weighted by atomic mass is 79.9. The van der Waals surface area contributed by atoms with Crippen molar-refractivity contribution < 1.29 is 19.0 Å². The van der Waals surface area contributed by atoms with E-state index in [2.05, 4.69) is 22.9 Å². The van der Waals surface area contributed by atoms with E-state index < -0.39 is 0 Å². The van der Waals surface area contributed by atoms with Crippen LogP contribution in [0.25, 0.3) is 0 Å². The Bertz CT molecular complexity index is 421. The standard InChI is InChI=1S/C15H21BrO4/c1-3-4-8-19-9-5-10-20-15-13(18-2)7-6-12(11-17)14(15)16/h6-7,11H,3-5,8-10H2,1-2H3. The number of rotatable bonds is 10. The number of carbonyl (C=O) groups is 1. The van der Waals surface area contributed by atoms with Crippen LogP contribution in [-0.2, 0) is 4.74 Å². The van der Waals surface area contributed by atoms with Crippen LogP contribution in [0, 0.1) is 0 Å². The number of aldehydes is 1. The van der Waals surface area contributed by atoms with Gasteiger partial charge in [0.05, 0.1) is 18.2 Å². The number of methoxy groups -OCH3 is 1. The second-order valence-electron chi connectivity index (χ2n) is 4.29. The SMILES string of the molecule is CCCCOCCCOc1c(OC)ccc(C=O)c1Br. The molecule has 0 saturated carbocycles. The first-order valence-corrected chi connectivity index (χ1v) is 7.56. The summed E-state index contributed by atoms with van der Waals surface area (Å²) in [5.74, 6) is 1.17. The Morgan fingerprint density at radius 1 is 1.20 bits per heavy atom. The monoisotopic (exact) mass is 344 g/mol. The van der Waals surface area contributed by atoms with E-state index >= 15 is 0 Å². The summed E-state index contributed by atoms with van der Waals surface area (Å²) in [7, 11) is 1.57. The predicted molar refractivity (Wildman–Crippen MR) is 81.9 cm³/mol. The lowest BCUT2D eigenvalue weighted by atomic mass is 10.2. The largest absolute Gasteiger partial charge is 0.493 e. The molecule has 0 atom stereocenters. The first-order valence-electron chi connectivity index (χ1n) is 6.76. The summed E-state index contributed by atoms with van der Waals surface area (Å²) in [6, 6.07) is 3.41. The highest BCUT2D eigenvalue weighted by Gasteiger charge is 2.13. The normalized spacial score (nSPS) is 10.3. The van der Waals surface area contributed by atoms with Crippen LogP contribution in [0.4, 0.5) is 0 Å². The summed E-state index contributed by atoms with van der Waals surface area (Å²) in [6.07, 6.45) is 3.80. The molecule has 1 aromatic carbocycles. The van der Waals surface area contributed by atoms with Gasteiger partial charge in [-0.25, -0.2) is 0 Å². The Morgan fingerprint density at radius 2 is 1.95 bits per heavy atom. The number of ether oxygens (including phenoxy) is 3. The minimum atomic E-state index is 0.517. The van der Waals surface area contributed by atoms with Gasteiger partial charge in [0, 0.05) is 25.2 Å². The van der Waals surface area contributed by atoms with Gasteiger partial charge in [0.1, 0.15) is 0 Å². The van der Waals surface area contributed by atoms with Crippen molar-refractivity contribution in [3.05, 3.63) is 22.2 Å². The molecule has 4 nitrogen and oxygen atoms in total. The van der Waals surface area contributed by atoms with Gasteiger partial charge in [-0.05, 0) is 34.5 Å². The lowest BCUT2D eigenvalue weighted by Crippen LogP contribution is -2.05. The number of carbonyl (C=O) groups excluding carboxylic acids is 1. The van der Waals surface area contributed by atoms with Crippen LogP contribution in [0.5, 0.6) is 11.5 Å². The first-order chi connectivity index (χ1) is 9.74. The van der Waals surface area contributed by atoms with E-state index in [1.54, 1.807) is 19.2 Å². The molecule has 0 heterocycles. The van der Waals surface area contributed by atoms with Gasteiger partial charge in [0.25, 0.3) is 0 Å². The molecule has 0 spiro atoms. The van der Waals surface area contributed by atoms with E-state index in [0.29, 0.717) is 34.7 Å². The van der Waals surface area contributed by atoms with E-state index in [1.807, 2.05) is 0 Å². The fourth-order valence-corrected chi connectivity index (χ4v) is 2.16. The summed E-state index contributed by atoms with van der Waals surface area (Å²) >= 11 is 3.37. The maximum Gasteiger partial charge on any atom is 0.176 e. The van der Waals surface area contributed by atoms with Crippen LogP contribution in [0.2, 0.25) is 0 Å². The van der Waals surface area contributed by atoms with Gasteiger partial charge < -0.3 is 14.2 Å². The Balaban J connectivity index is 2.48. The van der Waals surface area contributed by atoms with Crippen molar-refractivity contribution in [2.75, 3.05) is 26.9 Å². The first kappa shape index (κ1) is 17.0. The van der Waals surface area contributed by atoms with E-state index in [0.717, 1.165) is 32.2 Å². The quantitative estimate of drug-likeness (QED) is 0.477. The maximum atomic E-state index is 10.9. The van der Waals surface area contributed by atoms with Crippen molar-refractivity contribution in [1.29, 1.82) is 0 Å². The molecule has 1 aromatic rings. The van der Waals surface area contributed by atoms with Crippen molar-refractivity contribution in [3.63, 3.8) is 0 Å². The second-order valence-corrected chi connectivity index (χ2v) is 5.08. The smallest absolute Gasteiger partial charge is 0.176 e. The molecule has 5 heteroatoms. The molecule has 0 aromatic heterocycles. The molecule has 112 valence electrons. The third kappa shape index (κ3) is 5.13. The minimum absolute atomic E-state index is 0.517. The van der Waals surface area contributed by atoms with Gasteiger partial charge in [0.2, 0.25) is 0 Å². The van der Waals surface area contributed by atoms with Gasteiger partial charge in [-0.3, -0.25) is 4.79 Å². The van der Waals surface area contributed by atoms with E-state index in [1.165, 1.54) is 0 Å². The van der Waals surface area contributed by atoms with Crippen LogP contribution in [0.15, 0.2) is 16.6 Å². The number of hydrogen-bond acceptors (Lipinski definition) is 4. The summed E-state index contributed by atoms with van der Waals surface area (Å²) in [6.45, 7) is 4.12. The van der Waals surface area contributed by atoms with E-state index in [-0.39, 0.29) is 0 Å². The third-order valence-electron chi connectivity index (χ3n) is 2.76. The molecule has 0 N–H and O–H groups in total. The van der Waals surface area contributed by atoms with Crippen molar-refractivity contribution in [2.45, 2.75) is 26.2 Å². The van der Waals surface area contributed by atoms with Crippen LogP contribution in [0.3, 0.4) is 0 Å². The second kappa shape index (κ2) is 9.77. The lowest BCUT2D eigenvalue weighted by molar-refractivity contribution is 0.111. The molecule has 0 saturated heterocycles. The molecule has 0 amide bonds. The average molecular weight is 345 g/mol. The fourth-order valence-electron chi connectivity index (χ4n) is 1.62. The van der Waals surface area contributed by atoms with Crippen molar-refractivity contribution >= 4 is 22.2 Å². The predicted octanol–water partition coefficient (Wildman–Crippen LogP) is 3.86. The number of benzene rings is 1. The van der Waals surface area contributed by atoms with Crippen LogP contribution in [0.1, 0.15) is 36.5 Å². The summed E-state index contributed by atoms with van der Waals surface area (Å²) in [4.78, 5) is 10.9. The molecule has 0 unspecified atom stereocenters. The van der Waals surface area contributed by atoms with Gasteiger partial charge in [-0.1, -0.05) is 13.3 Å². The lowest BCUT2D eigenvalue weighted by Gasteiger charge is -2.13. The van der Waals surface area contributed by atoms with E-state index in [9.17, 15) is 4.79 Å². The van der Waals surface area contributed by atoms with Gasteiger partial charge >= 0.3 is 0 Å². The fraction of sp³-hybridized carbons (Fsp3) is 0.533. The minimum Gasteiger partial charge on any atom is -0.493 e. The van der Waals surface area contributed by atoms with Crippen LogP contribution < -0.4 is 9.47 Å². The molecule has 1 rings (SSSR count). The molecule has 0 bridgehead atoms. The highest BCUT2D eigenvalue weighted by molar-refractivity contribution is 9.10. The van der Waals surface area contributed by atoms with Crippen molar-refractivity contribution in [1.82, 2.24) is 0 Å².